The second-order valence-electron chi connectivity index (χ2n) is 5.98. The number of thiazole rings is 1. The van der Waals surface area contributed by atoms with E-state index in [2.05, 4.69) is 55.4 Å². The van der Waals surface area contributed by atoms with Gasteiger partial charge in [-0.05, 0) is 18.1 Å². The largest absolute Gasteiger partial charge is 0.361 e. The normalized spacial score (nSPS) is 11.3. The highest BCUT2D eigenvalue weighted by atomic mass is 127. The van der Waals surface area contributed by atoms with Crippen LogP contribution in [0.4, 0.5) is 5.13 Å². The molecule has 0 amide bonds. The summed E-state index contributed by atoms with van der Waals surface area (Å²) in [5.41, 5.74) is 3.52. The van der Waals surface area contributed by atoms with Crippen LogP contribution in [0.5, 0.6) is 0 Å². The van der Waals surface area contributed by atoms with E-state index in [0.717, 1.165) is 29.8 Å². The Hall–Kier alpha value is -1.81. The van der Waals surface area contributed by atoms with Crippen molar-refractivity contribution in [2.75, 3.05) is 32.6 Å². The van der Waals surface area contributed by atoms with Crippen molar-refractivity contribution in [1.29, 1.82) is 0 Å². The summed E-state index contributed by atoms with van der Waals surface area (Å²) >= 11 is 1.65. The first-order chi connectivity index (χ1) is 12.2. The Morgan fingerprint density at radius 3 is 2.81 bits per heavy atom. The van der Waals surface area contributed by atoms with E-state index in [1.807, 2.05) is 25.1 Å². The smallest absolute Gasteiger partial charge is 0.191 e. The number of aromatic amines is 1. The number of fused-ring (bicyclic) bond motifs is 1. The topological polar surface area (TPSA) is 68.3 Å². The molecule has 0 atom stereocenters. The molecule has 3 rings (SSSR count). The van der Waals surface area contributed by atoms with Crippen LogP contribution >= 0.6 is 35.3 Å². The van der Waals surface area contributed by atoms with E-state index in [1.54, 1.807) is 18.4 Å². The van der Waals surface area contributed by atoms with Crippen molar-refractivity contribution in [3.8, 4) is 0 Å². The maximum absolute atomic E-state index is 4.57. The molecule has 0 bridgehead atoms. The zero-order chi connectivity index (χ0) is 17.6. The highest BCUT2D eigenvalue weighted by Gasteiger charge is 2.06. The predicted molar refractivity (Wildman–Crippen MR) is 122 cm³/mol. The molecular weight excluding hydrogens is 459 g/mol. The average Bonchev–Trinajstić information content (AvgIpc) is 3.25. The van der Waals surface area contributed by atoms with Crippen molar-refractivity contribution >= 4 is 57.3 Å². The number of guanidine groups is 1. The van der Waals surface area contributed by atoms with Gasteiger partial charge in [0.2, 0.25) is 0 Å². The van der Waals surface area contributed by atoms with E-state index < -0.39 is 0 Å². The van der Waals surface area contributed by atoms with Crippen LogP contribution in [0.25, 0.3) is 10.9 Å². The fraction of sp³-hybridized carbons (Fsp3) is 0.333. The molecule has 0 fully saturated rings. The van der Waals surface area contributed by atoms with Gasteiger partial charge >= 0.3 is 0 Å². The van der Waals surface area contributed by atoms with Crippen molar-refractivity contribution in [3.05, 3.63) is 47.1 Å². The quantitative estimate of drug-likeness (QED) is 0.286. The summed E-state index contributed by atoms with van der Waals surface area (Å²) in [6.45, 7) is 1.48. The number of aromatic nitrogens is 2. The molecule has 26 heavy (non-hydrogen) atoms. The summed E-state index contributed by atoms with van der Waals surface area (Å²) in [7, 11) is 5.79. The second-order valence-corrected chi connectivity index (χ2v) is 6.81. The van der Waals surface area contributed by atoms with E-state index in [4.69, 9.17) is 0 Å². The molecule has 0 unspecified atom stereocenters. The summed E-state index contributed by atoms with van der Waals surface area (Å²) in [5, 5.41) is 11.0. The number of hydrogen-bond donors (Lipinski definition) is 3. The second kappa shape index (κ2) is 9.77. The summed E-state index contributed by atoms with van der Waals surface area (Å²) < 4.78 is 0. The van der Waals surface area contributed by atoms with Crippen LogP contribution in [-0.2, 0) is 13.0 Å². The summed E-state index contributed by atoms with van der Waals surface area (Å²) in [6.07, 6.45) is 3.02. The lowest BCUT2D eigenvalue weighted by Crippen LogP contribution is -2.37. The number of benzene rings is 1. The maximum Gasteiger partial charge on any atom is 0.191 e. The van der Waals surface area contributed by atoms with Crippen LogP contribution < -0.4 is 15.5 Å². The molecule has 6 nitrogen and oxygen atoms in total. The summed E-state index contributed by atoms with van der Waals surface area (Å²) in [6, 6.07) is 8.37. The molecule has 8 heteroatoms. The molecule has 2 heterocycles. The summed E-state index contributed by atoms with van der Waals surface area (Å²) in [5.74, 6) is 0.791. The van der Waals surface area contributed by atoms with Crippen LogP contribution in [0.15, 0.2) is 40.8 Å². The standard InChI is InChI=1S/C18H24N6S.HI/c1-19-17(22-11-14-12-25-18(23-14)24(2)3)20-9-8-13-10-21-16-7-5-4-6-15(13)16;/h4-7,10,12,21H,8-9,11H2,1-3H3,(H2,19,20,22);1H. The monoisotopic (exact) mass is 484 g/mol. The number of aliphatic imine (C=N–C) groups is 1. The first-order valence-corrected chi connectivity index (χ1v) is 9.16. The maximum atomic E-state index is 4.57. The van der Waals surface area contributed by atoms with Crippen molar-refractivity contribution in [3.63, 3.8) is 0 Å². The van der Waals surface area contributed by atoms with Crippen molar-refractivity contribution in [2.24, 2.45) is 4.99 Å². The molecule has 0 radical (unpaired) electrons. The number of nitrogens with one attached hydrogen (secondary N) is 3. The lowest BCUT2D eigenvalue weighted by atomic mass is 10.1. The molecule has 3 aromatic rings. The first-order valence-electron chi connectivity index (χ1n) is 8.28. The van der Waals surface area contributed by atoms with Gasteiger partial charge in [0, 0.05) is 50.2 Å². The number of hydrogen-bond acceptors (Lipinski definition) is 4. The average molecular weight is 484 g/mol. The van der Waals surface area contributed by atoms with Crippen molar-refractivity contribution in [1.82, 2.24) is 20.6 Å². The van der Waals surface area contributed by atoms with Crippen LogP contribution in [0, 0.1) is 0 Å². The Labute approximate surface area is 175 Å². The van der Waals surface area contributed by atoms with Gasteiger partial charge in [0.1, 0.15) is 0 Å². The molecule has 0 aliphatic heterocycles. The van der Waals surface area contributed by atoms with Gasteiger partial charge in [-0.1, -0.05) is 18.2 Å². The van der Waals surface area contributed by atoms with E-state index in [0.29, 0.717) is 6.54 Å². The predicted octanol–water partition coefficient (Wildman–Crippen LogP) is 3.22. The third-order valence-corrected chi connectivity index (χ3v) is 5.00. The molecular formula is C18H25IN6S. The van der Waals surface area contributed by atoms with Gasteiger partial charge in [-0.25, -0.2) is 4.98 Å². The van der Waals surface area contributed by atoms with E-state index >= 15 is 0 Å². The van der Waals surface area contributed by atoms with Crippen LogP contribution in [-0.4, -0.2) is 43.6 Å². The van der Waals surface area contributed by atoms with Gasteiger partial charge < -0.3 is 20.5 Å². The molecule has 2 aromatic heterocycles. The Morgan fingerprint density at radius 2 is 2.08 bits per heavy atom. The Balaban J connectivity index is 0.00000243. The Morgan fingerprint density at radius 1 is 1.27 bits per heavy atom. The molecule has 0 aliphatic carbocycles. The SMILES string of the molecule is CN=C(NCCc1c[nH]c2ccccc12)NCc1csc(N(C)C)n1.I. The molecule has 0 aliphatic rings. The Kier molecular flexibility index (Phi) is 7.70. The molecule has 0 saturated carbocycles. The molecule has 3 N–H and O–H groups in total. The zero-order valence-electron chi connectivity index (χ0n) is 15.2. The van der Waals surface area contributed by atoms with Gasteiger partial charge in [-0.2, -0.15) is 0 Å². The van der Waals surface area contributed by atoms with Gasteiger partial charge in [0.15, 0.2) is 11.1 Å². The highest BCUT2D eigenvalue weighted by molar-refractivity contribution is 14.0. The van der Waals surface area contributed by atoms with E-state index in [-0.39, 0.29) is 24.0 Å². The molecule has 0 saturated heterocycles. The number of H-pyrrole nitrogens is 1. The minimum Gasteiger partial charge on any atom is -0.361 e. The van der Waals surface area contributed by atoms with Crippen molar-refractivity contribution < 1.29 is 0 Å². The van der Waals surface area contributed by atoms with Crippen LogP contribution in [0.1, 0.15) is 11.3 Å². The number of rotatable bonds is 6. The number of para-hydroxylation sites is 1. The molecule has 0 spiro atoms. The highest BCUT2D eigenvalue weighted by Crippen LogP contribution is 2.18. The summed E-state index contributed by atoms with van der Waals surface area (Å²) in [4.78, 5) is 14.2. The lowest BCUT2D eigenvalue weighted by molar-refractivity contribution is 0.787. The third-order valence-electron chi connectivity index (χ3n) is 3.94. The van der Waals surface area contributed by atoms with E-state index in [1.165, 1.54) is 16.5 Å². The number of nitrogens with zero attached hydrogens (tertiary/aromatic N) is 3. The fourth-order valence-corrected chi connectivity index (χ4v) is 3.39. The zero-order valence-corrected chi connectivity index (χ0v) is 18.4. The van der Waals surface area contributed by atoms with Crippen LogP contribution in [0.2, 0.25) is 0 Å². The fourth-order valence-electron chi connectivity index (χ4n) is 2.63. The van der Waals surface area contributed by atoms with Gasteiger partial charge in [-0.3, -0.25) is 4.99 Å². The number of halogens is 1. The Bertz CT molecular complexity index is 854. The van der Waals surface area contributed by atoms with Crippen LogP contribution in [0.3, 0.4) is 0 Å². The van der Waals surface area contributed by atoms with Crippen molar-refractivity contribution in [2.45, 2.75) is 13.0 Å². The first kappa shape index (κ1) is 20.5. The molecule has 1 aromatic carbocycles. The van der Waals surface area contributed by atoms with Gasteiger partial charge in [0.25, 0.3) is 0 Å². The number of anilines is 1. The minimum absolute atomic E-state index is 0. The minimum atomic E-state index is 0. The van der Waals surface area contributed by atoms with Gasteiger partial charge in [0.05, 0.1) is 12.2 Å². The van der Waals surface area contributed by atoms with Gasteiger partial charge in [-0.15, -0.1) is 35.3 Å². The lowest BCUT2D eigenvalue weighted by Gasteiger charge is -2.11. The molecule has 140 valence electrons. The third kappa shape index (κ3) is 5.10. The van der Waals surface area contributed by atoms with E-state index in [9.17, 15) is 0 Å².